The van der Waals surface area contributed by atoms with Crippen LogP contribution in [0.25, 0.3) is 11.1 Å². The topological polar surface area (TPSA) is 21.3 Å². The van der Waals surface area contributed by atoms with Crippen molar-refractivity contribution in [2.45, 2.75) is 25.5 Å². The highest BCUT2D eigenvalue weighted by Gasteiger charge is 2.23. The lowest BCUT2D eigenvalue weighted by Gasteiger charge is -2.08. The van der Waals surface area contributed by atoms with Crippen molar-refractivity contribution < 1.29 is 4.74 Å². The van der Waals surface area contributed by atoms with Crippen LogP contribution in [0, 0.1) is 0 Å². The zero-order valence-electron chi connectivity index (χ0n) is 11.5. The van der Waals surface area contributed by atoms with Gasteiger partial charge in [-0.25, -0.2) is 0 Å². The fourth-order valence-corrected chi connectivity index (χ4v) is 2.41. The Labute approximate surface area is 124 Å². The van der Waals surface area contributed by atoms with Crippen LogP contribution in [-0.4, -0.2) is 13.2 Å². The van der Waals surface area contributed by atoms with Crippen LogP contribution >= 0.6 is 11.6 Å². The van der Waals surface area contributed by atoms with Crippen LogP contribution in [-0.2, 0) is 6.54 Å². The van der Waals surface area contributed by atoms with E-state index in [2.05, 4.69) is 29.6 Å². The summed E-state index contributed by atoms with van der Waals surface area (Å²) in [6, 6.07) is 14.4. The summed E-state index contributed by atoms with van der Waals surface area (Å²) in [7, 11) is 1.92. The minimum atomic E-state index is 0.441. The van der Waals surface area contributed by atoms with Gasteiger partial charge < -0.3 is 10.1 Å². The molecule has 0 aromatic heterocycles. The molecule has 1 N–H and O–H groups in total. The first-order valence-corrected chi connectivity index (χ1v) is 7.34. The average molecular weight is 288 g/mol. The summed E-state index contributed by atoms with van der Waals surface area (Å²) in [5.74, 6) is 0.953. The van der Waals surface area contributed by atoms with Crippen molar-refractivity contribution in [2.75, 3.05) is 7.05 Å². The van der Waals surface area contributed by atoms with Crippen LogP contribution in [0.1, 0.15) is 18.4 Å². The quantitative estimate of drug-likeness (QED) is 0.887. The van der Waals surface area contributed by atoms with E-state index >= 15 is 0 Å². The Kier molecular flexibility index (Phi) is 3.95. The molecule has 1 saturated carbocycles. The van der Waals surface area contributed by atoms with E-state index in [1.54, 1.807) is 0 Å². The van der Waals surface area contributed by atoms with E-state index in [0.29, 0.717) is 6.10 Å². The maximum atomic E-state index is 6.30. The Morgan fingerprint density at radius 2 is 1.80 bits per heavy atom. The summed E-state index contributed by atoms with van der Waals surface area (Å²) >= 11 is 6.30. The number of nitrogens with one attached hydrogen (secondary N) is 1. The fraction of sp³-hybridized carbons (Fsp3) is 0.294. The summed E-state index contributed by atoms with van der Waals surface area (Å²) in [5.41, 5.74) is 3.41. The molecule has 0 saturated heterocycles. The first-order valence-electron chi connectivity index (χ1n) is 6.96. The molecule has 104 valence electrons. The zero-order chi connectivity index (χ0) is 13.9. The summed E-state index contributed by atoms with van der Waals surface area (Å²) < 4.78 is 5.76. The molecule has 0 aliphatic heterocycles. The molecule has 1 fully saturated rings. The molecule has 2 nitrogen and oxygen atoms in total. The van der Waals surface area contributed by atoms with Crippen molar-refractivity contribution in [3.63, 3.8) is 0 Å². The number of halogens is 1. The lowest BCUT2D eigenvalue weighted by atomic mass is 10.0. The Morgan fingerprint density at radius 3 is 2.40 bits per heavy atom. The highest BCUT2D eigenvalue weighted by molar-refractivity contribution is 6.31. The van der Waals surface area contributed by atoms with E-state index in [0.717, 1.165) is 34.0 Å². The van der Waals surface area contributed by atoms with E-state index in [1.165, 1.54) is 12.8 Å². The van der Waals surface area contributed by atoms with Gasteiger partial charge in [-0.05, 0) is 54.8 Å². The highest BCUT2D eigenvalue weighted by Crippen LogP contribution is 2.30. The molecule has 0 radical (unpaired) electrons. The summed E-state index contributed by atoms with van der Waals surface area (Å²) in [6.07, 6.45) is 2.81. The number of hydrogen-bond donors (Lipinski definition) is 1. The van der Waals surface area contributed by atoms with E-state index in [-0.39, 0.29) is 0 Å². The van der Waals surface area contributed by atoms with Gasteiger partial charge in [-0.3, -0.25) is 0 Å². The number of rotatable bonds is 5. The molecule has 3 rings (SSSR count). The molecule has 1 aliphatic carbocycles. The van der Waals surface area contributed by atoms with Crippen LogP contribution < -0.4 is 10.1 Å². The minimum absolute atomic E-state index is 0.441. The molecule has 0 atom stereocenters. The number of ether oxygens (including phenoxy) is 1. The second kappa shape index (κ2) is 5.86. The van der Waals surface area contributed by atoms with Gasteiger partial charge in [-0.15, -0.1) is 0 Å². The van der Waals surface area contributed by atoms with Gasteiger partial charge in [0.05, 0.1) is 6.10 Å². The van der Waals surface area contributed by atoms with Crippen LogP contribution in [0.5, 0.6) is 5.75 Å². The van der Waals surface area contributed by atoms with Gasteiger partial charge in [0.2, 0.25) is 0 Å². The maximum absolute atomic E-state index is 6.30. The van der Waals surface area contributed by atoms with E-state index in [4.69, 9.17) is 16.3 Å². The molecule has 0 bridgehead atoms. The van der Waals surface area contributed by atoms with Crippen molar-refractivity contribution >= 4 is 11.6 Å². The predicted octanol–water partition coefficient (Wildman–Crippen LogP) is 4.27. The lowest BCUT2D eigenvalue weighted by molar-refractivity contribution is 0.303. The van der Waals surface area contributed by atoms with Gasteiger partial charge >= 0.3 is 0 Å². The van der Waals surface area contributed by atoms with Crippen molar-refractivity contribution in [1.29, 1.82) is 0 Å². The standard InChI is InChI=1S/C17H18ClNO/c1-19-11-14-3-2-13(10-17(14)18)12-4-6-15(7-5-12)20-16-8-9-16/h2-7,10,16,19H,8-9,11H2,1H3. The van der Waals surface area contributed by atoms with Crippen molar-refractivity contribution in [3.05, 3.63) is 53.1 Å². The van der Waals surface area contributed by atoms with Gasteiger partial charge in [0, 0.05) is 11.6 Å². The SMILES string of the molecule is CNCc1ccc(-c2ccc(OC3CC3)cc2)cc1Cl. The minimum Gasteiger partial charge on any atom is -0.490 e. The molecule has 20 heavy (non-hydrogen) atoms. The first kappa shape index (κ1) is 13.5. The Balaban J connectivity index is 1.79. The third-order valence-electron chi connectivity index (χ3n) is 3.44. The van der Waals surface area contributed by atoms with Gasteiger partial charge in [0.15, 0.2) is 0 Å². The van der Waals surface area contributed by atoms with E-state index in [1.807, 2.05) is 25.2 Å². The molecule has 2 aromatic rings. The second-order valence-electron chi connectivity index (χ2n) is 5.18. The molecule has 2 aromatic carbocycles. The Morgan fingerprint density at radius 1 is 1.10 bits per heavy atom. The lowest BCUT2D eigenvalue weighted by Crippen LogP contribution is -2.05. The summed E-state index contributed by atoms with van der Waals surface area (Å²) in [6.45, 7) is 0.785. The molecular weight excluding hydrogens is 270 g/mol. The molecule has 0 amide bonds. The highest BCUT2D eigenvalue weighted by atomic mass is 35.5. The van der Waals surface area contributed by atoms with Gasteiger partial charge in [0.25, 0.3) is 0 Å². The van der Waals surface area contributed by atoms with Crippen molar-refractivity contribution in [3.8, 4) is 16.9 Å². The average Bonchev–Trinajstić information content (AvgIpc) is 3.26. The van der Waals surface area contributed by atoms with E-state index < -0.39 is 0 Å². The Bertz CT molecular complexity index is 590. The number of hydrogen-bond acceptors (Lipinski definition) is 2. The van der Waals surface area contributed by atoms with Gasteiger partial charge in [-0.2, -0.15) is 0 Å². The third kappa shape index (κ3) is 3.14. The summed E-state index contributed by atoms with van der Waals surface area (Å²) in [5, 5.41) is 3.92. The summed E-state index contributed by atoms with van der Waals surface area (Å²) in [4.78, 5) is 0. The molecule has 3 heteroatoms. The number of benzene rings is 2. The molecule has 1 aliphatic rings. The van der Waals surface area contributed by atoms with Crippen LogP contribution in [0.15, 0.2) is 42.5 Å². The zero-order valence-corrected chi connectivity index (χ0v) is 12.3. The van der Waals surface area contributed by atoms with Crippen LogP contribution in [0.2, 0.25) is 5.02 Å². The molecular formula is C17H18ClNO. The van der Waals surface area contributed by atoms with E-state index in [9.17, 15) is 0 Å². The maximum Gasteiger partial charge on any atom is 0.119 e. The molecule has 0 unspecified atom stereocenters. The normalized spacial score (nSPS) is 14.3. The van der Waals surface area contributed by atoms with Gasteiger partial charge in [0.1, 0.15) is 5.75 Å². The van der Waals surface area contributed by atoms with Crippen LogP contribution in [0.4, 0.5) is 0 Å². The van der Waals surface area contributed by atoms with Gasteiger partial charge in [-0.1, -0.05) is 35.9 Å². The Hall–Kier alpha value is -1.51. The molecule has 0 heterocycles. The predicted molar refractivity (Wildman–Crippen MR) is 83.3 cm³/mol. The smallest absolute Gasteiger partial charge is 0.119 e. The van der Waals surface area contributed by atoms with Crippen molar-refractivity contribution in [1.82, 2.24) is 5.32 Å². The fourth-order valence-electron chi connectivity index (χ4n) is 2.16. The monoisotopic (exact) mass is 287 g/mol. The van der Waals surface area contributed by atoms with Crippen LogP contribution in [0.3, 0.4) is 0 Å². The second-order valence-corrected chi connectivity index (χ2v) is 5.59. The molecule has 0 spiro atoms. The first-order chi connectivity index (χ1) is 9.76. The third-order valence-corrected chi connectivity index (χ3v) is 3.79. The van der Waals surface area contributed by atoms with Crippen molar-refractivity contribution in [2.24, 2.45) is 0 Å². The largest absolute Gasteiger partial charge is 0.490 e.